The van der Waals surface area contributed by atoms with Crippen molar-refractivity contribution < 1.29 is 4.74 Å². The van der Waals surface area contributed by atoms with Gasteiger partial charge in [-0.3, -0.25) is 4.57 Å². The highest BCUT2D eigenvalue weighted by Gasteiger charge is 2.25. The molecule has 1 aromatic carbocycles. The van der Waals surface area contributed by atoms with Gasteiger partial charge in [-0.15, -0.1) is 0 Å². The molecule has 106 valence electrons. The maximum atomic E-state index is 5.54. The first-order valence-electron chi connectivity index (χ1n) is 7.31. The number of ether oxygens (including phenoxy) is 1. The SMILES string of the molecule is Cc1ccc(-n2c(C3CCOC3)nc3cccnc32)cc1. The summed E-state index contributed by atoms with van der Waals surface area (Å²) >= 11 is 0. The largest absolute Gasteiger partial charge is 0.381 e. The van der Waals surface area contributed by atoms with Gasteiger partial charge in [-0.1, -0.05) is 17.7 Å². The molecule has 1 aliphatic heterocycles. The second kappa shape index (κ2) is 4.97. The molecule has 21 heavy (non-hydrogen) atoms. The van der Waals surface area contributed by atoms with Gasteiger partial charge in [0.05, 0.1) is 6.61 Å². The zero-order valence-electron chi connectivity index (χ0n) is 12.0. The molecule has 1 unspecified atom stereocenters. The Bertz CT molecular complexity index is 770. The summed E-state index contributed by atoms with van der Waals surface area (Å²) in [6.07, 6.45) is 2.85. The molecule has 1 fully saturated rings. The molecular weight excluding hydrogens is 262 g/mol. The van der Waals surface area contributed by atoms with Crippen LogP contribution in [0.15, 0.2) is 42.6 Å². The number of aryl methyl sites for hydroxylation is 1. The highest BCUT2D eigenvalue weighted by atomic mass is 16.5. The van der Waals surface area contributed by atoms with Crippen molar-refractivity contribution in [3.05, 3.63) is 54.0 Å². The van der Waals surface area contributed by atoms with Crippen LogP contribution in [0.3, 0.4) is 0 Å². The lowest BCUT2D eigenvalue weighted by Crippen LogP contribution is -2.08. The minimum Gasteiger partial charge on any atom is -0.381 e. The van der Waals surface area contributed by atoms with Gasteiger partial charge in [0.1, 0.15) is 11.3 Å². The van der Waals surface area contributed by atoms with E-state index in [4.69, 9.17) is 9.72 Å². The van der Waals surface area contributed by atoms with E-state index in [1.807, 2.05) is 18.3 Å². The number of fused-ring (bicyclic) bond motifs is 1. The van der Waals surface area contributed by atoms with Crippen molar-refractivity contribution in [3.63, 3.8) is 0 Å². The molecule has 4 rings (SSSR count). The average molecular weight is 279 g/mol. The molecule has 0 bridgehead atoms. The van der Waals surface area contributed by atoms with Crippen LogP contribution in [0, 0.1) is 6.92 Å². The van der Waals surface area contributed by atoms with Gasteiger partial charge in [-0.2, -0.15) is 0 Å². The fourth-order valence-corrected chi connectivity index (χ4v) is 2.89. The predicted octanol–water partition coefficient (Wildman–Crippen LogP) is 3.23. The van der Waals surface area contributed by atoms with Gasteiger partial charge in [0.15, 0.2) is 5.65 Å². The van der Waals surface area contributed by atoms with Gasteiger partial charge in [-0.25, -0.2) is 9.97 Å². The Labute approximate surface area is 123 Å². The maximum absolute atomic E-state index is 5.54. The summed E-state index contributed by atoms with van der Waals surface area (Å²) in [6, 6.07) is 12.5. The molecule has 1 saturated heterocycles. The molecule has 3 heterocycles. The molecule has 4 heteroatoms. The van der Waals surface area contributed by atoms with Gasteiger partial charge in [0.25, 0.3) is 0 Å². The molecule has 3 aromatic rings. The molecule has 1 atom stereocenters. The number of hydrogen-bond acceptors (Lipinski definition) is 3. The van der Waals surface area contributed by atoms with E-state index in [0.29, 0.717) is 5.92 Å². The minimum absolute atomic E-state index is 0.348. The van der Waals surface area contributed by atoms with E-state index in [9.17, 15) is 0 Å². The van der Waals surface area contributed by atoms with E-state index in [0.717, 1.165) is 42.3 Å². The van der Waals surface area contributed by atoms with Crippen molar-refractivity contribution in [3.8, 4) is 5.69 Å². The van der Waals surface area contributed by atoms with Gasteiger partial charge < -0.3 is 4.74 Å². The van der Waals surface area contributed by atoms with Crippen molar-refractivity contribution in [2.24, 2.45) is 0 Å². The summed E-state index contributed by atoms with van der Waals surface area (Å²) in [7, 11) is 0. The van der Waals surface area contributed by atoms with Crippen LogP contribution in [-0.2, 0) is 4.74 Å². The summed E-state index contributed by atoms with van der Waals surface area (Å²) in [5.74, 6) is 1.41. The molecule has 2 aromatic heterocycles. The maximum Gasteiger partial charge on any atom is 0.164 e. The Morgan fingerprint density at radius 1 is 1.19 bits per heavy atom. The molecule has 4 nitrogen and oxygen atoms in total. The Morgan fingerprint density at radius 2 is 2.05 bits per heavy atom. The van der Waals surface area contributed by atoms with E-state index < -0.39 is 0 Å². The van der Waals surface area contributed by atoms with Crippen LogP contribution in [-0.4, -0.2) is 27.7 Å². The summed E-state index contributed by atoms with van der Waals surface area (Å²) in [4.78, 5) is 9.35. The molecule has 0 N–H and O–H groups in total. The standard InChI is InChI=1S/C17H17N3O/c1-12-4-6-14(7-5-12)20-16(13-8-10-21-11-13)19-15-3-2-9-18-17(15)20/h2-7,9,13H,8,10-11H2,1H3. The Morgan fingerprint density at radius 3 is 2.81 bits per heavy atom. The normalized spacial score (nSPS) is 18.4. The number of imidazole rings is 1. The van der Waals surface area contributed by atoms with Gasteiger partial charge in [-0.05, 0) is 37.6 Å². The zero-order chi connectivity index (χ0) is 14.2. The lowest BCUT2D eigenvalue weighted by Gasteiger charge is -2.12. The number of aromatic nitrogens is 3. The number of pyridine rings is 1. The van der Waals surface area contributed by atoms with Crippen molar-refractivity contribution in [1.82, 2.24) is 14.5 Å². The molecule has 0 saturated carbocycles. The Balaban J connectivity index is 1.95. The van der Waals surface area contributed by atoms with Gasteiger partial charge in [0, 0.05) is 24.4 Å². The Hall–Kier alpha value is -2.20. The van der Waals surface area contributed by atoms with Crippen LogP contribution in [0.25, 0.3) is 16.9 Å². The first-order valence-corrected chi connectivity index (χ1v) is 7.31. The smallest absolute Gasteiger partial charge is 0.164 e. The summed E-state index contributed by atoms with van der Waals surface area (Å²) < 4.78 is 7.72. The Kier molecular flexibility index (Phi) is 2.97. The quantitative estimate of drug-likeness (QED) is 0.723. The van der Waals surface area contributed by atoms with Crippen LogP contribution < -0.4 is 0 Å². The zero-order valence-corrected chi connectivity index (χ0v) is 12.0. The van der Waals surface area contributed by atoms with E-state index in [-0.39, 0.29) is 0 Å². The third-order valence-electron chi connectivity index (χ3n) is 4.03. The summed E-state index contributed by atoms with van der Waals surface area (Å²) in [5.41, 5.74) is 4.23. The van der Waals surface area contributed by atoms with Crippen LogP contribution in [0.1, 0.15) is 23.7 Å². The lowest BCUT2D eigenvalue weighted by atomic mass is 10.1. The average Bonchev–Trinajstić information content (AvgIpc) is 3.15. The van der Waals surface area contributed by atoms with Gasteiger partial charge in [0.2, 0.25) is 0 Å². The summed E-state index contributed by atoms with van der Waals surface area (Å²) in [5, 5.41) is 0. The highest BCUT2D eigenvalue weighted by Crippen LogP contribution is 2.30. The van der Waals surface area contributed by atoms with Crippen molar-refractivity contribution in [1.29, 1.82) is 0 Å². The number of hydrogen-bond donors (Lipinski definition) is 0. The van der Waals surface area contributed by atoms with Crippen LogP contribution in [0.4, 0.5) is 0 Å². The number of benzene rings is 1. The predicted molar refractivity (Wildman–Crippen MR) is 81.8 cm³/mol. The first-order chi connectivity index (χ1) is 10.3. The number of nitrogens with zero attached hydrogens (tertiary/aromatic N) is 3. The molecule has 1 aliphatic rings. The second-order valence-corrected chi connectivity index (χ2v) is 5.55. The third kappa shape index (κ3) is 2.12. The van der Waals surface area contributed by atoms with Crippen LogP contribution in [0.5, 0.6) is 0 Å². The van der Waals surface area contributed by atoms with E-state index in [2.05, 4.69) is 40.7 Å². The number of rotatable bonds is 2. The van der Waals surface area contributed by atoms with E-state index >= 15 is 0 Å². The van der Waals surface area contributed by atoms with E-state index in [1.54, 1.807) is 0 Å². The monoisotopic (exact) mass is 279 g/mol. The van der Waals surface area contributed by atoms with Crippen molar-refractivity contribution >= 4 is 11.2 Å². The first kappa shape index (κ1) is 12.5. The fraction of sp³-hybridized carbons (Fsp3) is 0.294. The highest BCUT2D eigenvalue weighted by molar-refractivity contribution is 5.74. The van der Waals surface area contributed by atoms with Crippen molar-refractivity contribution in [2.45, 2.75) is 19.3 Å². The topological polar surface area (TPSA) is 39.9 Å². The van der Waals surface area contributed by atoms with Crippen LogP contribution in [0.2, 0.25) is 0 Å². The third-order valence-corrected chi connectivity index (χ3v) is 4.03. The molecule has 0 aliphatic carbocycles. The molecule has 0 radical (unpaired) electrons. The second-order valence-electron chi connectivity index (χ2n) is 5.55. The van der Waals surface area contributed by atoms with Crippen molar-refractivity contribution in [2.75, 3.05) is 13.2 Å². The fourth-order valence-electron chi connectivity index (χ4n) is 2.89. The van der Waals surface area contributed by atoms with Crippen LogP contribution >= 0.6 is 0 Å². The van der Waals surface area contributed by atoms with Gasteiger partial charge >= 0.3 is 0 Å². The molecular formula is C17H17N3O. The molecule has 0 spiro atoms. The molecule has 0 amide bonds. The minimum atomic E-state index is 0.348. The lowest BCUT2D eigenvalue weighted by molar-refractivity contribution is 0.193. The summed E-state index contributed by atoms with van der Waals surface area (Å²) in [6.45, 7) is 3.66. The van der Waals surface area contributed by atoms with E-state index in [1.165, 1.54) is 5.56 Å².